The van der Waals surface area contributed by atoms with Gasteiger partial charge < -0.3 is 10.4 Å². The van der Waals surface area contributed by atoms with Crippen molar-refractivity contribution in [3.63, 3.8) is 0 Å². The molecule has 3 heteroatoms. The van der Waals surface area contributed by atoms with Crippen LogP contribution in [0.5, 0.6) is 0 Å². The fourth-order valence-electron chi connectivity index (χ4n) is 1.54. The molecule has 0 aliphatic carbocycles. The Bertz CT molecular complexity index is 337. The Balaban J connectivity index is 2.31. The van der Waals surface area contributed by atoms with Crippen LogP contribution in [-0.2, 0) is 11.2 Å². The van der Waals surface area contributed by atoms with Crippen molar-refractivity contribution in [2.24, 2.45) is 5.92 Å². The molecule has 0 fully saturated rings. The lowest BCUT2D eigenvalue weighted by Crippen LogP contribution is -2.36. The van der Waals surface area contributed by atoms with Crippen LogP contribution in [0.2, 0.25) is 0 Å². The van der Waals surface area contributed by atoms with E-state index in [1.54, 1.807) is 0 Å². The molecule has 0 aliphatic rings. The monoisotopic (exact) mass is 235 g/mol. The minimum atomic E-state index is -0.523. The van der Waals surface area contributed by atoms with E-state index in [-0.39, 0.29) is 11.8 Å². The summed E-state index contributed by atoms with van der Waals surface area (Å²) in [7, 11) is 0. The van der Waals surface area contributed by atoms with Gasteiger partial charge in [0, 0.05) is 18.9 Å². The zero-order chi connectivity index (χ0) is 12.7. The highest BCUT2D eigenvalue weighted by atomic mass is 16.3. The molecule has 0 spiro atoms. The third kappa shape index (κ3) is 5.00. The van der Waals surface area contributed by atoms with E-state index in [1.807, 2.05) is 44.2 Å². The number of amides is 1. The molecule has 2 atom stereocenters. The number of nitrogens with one attached hydrogen (secondary N) is 1. The first-order valence-corrected chi connectivity index (χ1v) is 6.13. The third-order valence-corrected chi connectivity index (χ3v) is 2.89. The lowest BCUT2D eigenvalue weighted by Gasteiger charge is -2.14. The SMILES string of the molecule is CC[C@@H](C)C(=O)NC[C@@H](O)Cc1ccccc1. The zero-order valence-electron chi connectivity index (χ0n) is 10.5. The van der Waals surface area contributed by atoms with Crippen LogP contribution >= 0.6 is 0 Å². The Hall–Kier alpha value is -1.35. The van der Waals surface area contributed by atoms with Crippen molar-refractivity contribution in [2.75, 3.05) is 6.54 Å². The van der Waals surface area contributed by atoms with Gasteiger partial charge in [-0.3, -0.25) is 4.79 Å². The van der Waals surface area contributed by atoms with Crippen molar-refractivity contribution in [3.05, 3.63) is 35.9 Å². The molecular weight excluding hydrogens is 214 g/mol. The first kappa shape index (κ1) is 13.7. The van der Waals surface area contributed by atoms with Crippen LogP contribution in [0.4, 0.5) is 0 Å². The summed E-state index contributed by atoms with van der Waals surface area (Å²) in [6, 6.07) is 9.78. The van der Waals surface area contributed by atoms with Gasteiger partial charge in [0.15, 0.2) is 0 Å². The lowest BCUT2D eigenvalue weighted by atomic mass is 10.1. The van der Waals surface area contributed by atoms with Crippen molar-refractivity contribution < 1.29 is 9.90 Å². The van der Waals surface area contributed by atoms with Gasteiger partial charge >= 0.3 is 0 Å². The van der Waals surface area contributed by atoms with E-state index >= 15 is 0 Å². The van der Waals surface area contributed by atoms with E-state index in [2.05, 4.69) is 5.32 Å². The third-order valence-electron chi connectivity index (χ3n) is 2.89. The summed E-state index contributed by atoms with van der Waals surface area (Å²) < 4.78 is 0. The van der Waals surface area contributed by atoms with Gasteiger partial charge in [0.1, 0.15) is 0 Å². The van der Waals surface area contributed by atoms with Crippen LogP contribution < -0.4 is 5.32 Å². The number of carbonyl (C=O) groups excluding carboxylic acids is 1. The second kappa shape index (κ2) is 7.07. The summed E-state index contributed by atoms with van der Waals surface area (Å²) >= 11 is 0. The summed E-state index contributed by atoms with van der Waals surface area (Å²) in [6.07, 6.45) is 0.868. The van der Waals surface area contributed by atoms with Crippen LogP contribution in [0, 0.1) is 5.92 Å². The maximum Gasteiger partial charge on any atom is 0.222 e. The van der Waals surface area contributed by atoms with E-state index in [0.29, 0.717) is 13.0 Å². The van der Waals surface area contributed by atoms with Gasteiger partial charge in [0.25, 0.3) is 0 Å². The van der Waals surface area contributed by atoms with Gasteiger partial charge in [0.05, 0.1) is 6.10 Å². The van der Waals surface area contributed by atoms with E-state index in [0.717, 1.165) is 12.0 Å². The molecule has 0 bridgehead atoms. The summed E-state index contributed by atoms with van der Waals surface area (Å²) in [5.41, 5.74) is 1.08. The van der Waals surface area contributed by atoms with Crippen LogP contribution in [0.15, 0.2) is 30.3 Å². The highest BCUT2D eigenvalue weighted by Gasteiger charge is 2.12. The summed E-state index contributed by atoms with van der Waals surface area (Å²) in [5, 5.41) is 12.6. The Labute approximate surface area is 103 Å². The molecule has 1 rings (SSSR count). The molecule has 3 nitrogen and oxygen atoms in total. The predicted octanol–water partition coefficient (Wildman–Crippen LogP) is 1.75. The van der Waals surface area contributed by atoms with Gasteiger partial charge in [-0.05, 0) is 12.0 Å². The van der Waals surface area contributed by atoms with Gasteiger partial charge in [0.2, 0.25) is 5.91 Å². The average molecular weight is 235 g/mol. The fourth-order valence-corrected chi connectivity index (χ4v) is 1.54. The van der Waals surface area contributed by atoms with Gasteiger partial charge in [-0.25, -0.2) is 0 Å². The van der Waals surface area contributed by atoms with Crippen LogP contribution in [0.3, 0.4) is 0 Å². The van der Waals surface area contributed by atoms with Crippen LogP contribution in [-0.4, -0.2) is 23.7 Å². The van der Waals surface area contributed by atoms with Crippen molar-refractivity contribution in [1.82, 2.24) is 5.32 Å². The molecule has 0 radical (unpaired) electrons. The van der Waals surface area contributed by atoms with Gasteiger partial charge in [-0.2, -0.15) is 0 Å². The van der Waals surface area contributed by atoms with E-state index < -0.39 is 6.10 Å². The molecule has 0 saturated carbocycles. The summed E-state index contributed by atoms with van der Waals surface area (Å²) in [6.45, 7) is 4.18. The second-order valence-corrected chi connectivity index (χ2v) is 4.40. The predicted molar refractivity (Wildman–Crippen MR) is 68.6 cm³/mol. The molecule has 1 aromatic carbocycles. The first-order valence-electron chi connectivity index (χ1n) is 6.13. The quantitative estimate of drug-likeness (QED) is 0.789. The maximum absolute atomic E-state index is 11.5. The molecule has 1 aromatic rings. The molecular formula is C14H21NO2. The summed E-state index contributed by atoms with van der Waals surface area (Å²) in [4.78, 5) is 11.5. The molecule has 0 unspecified atom stereocenters. The second-order valence-electron chi connectivity index (χ2n) is 4.40. The van der Waals surface area contributed by atoms with Crippen molar-refractivity contribution in [2.45, 2.75) is 32.8 Å². The normalized spacial score (nSPS) is 14.1. The summed E-state index contributed by atoms with van der Waals surface area (Å²) in [5.74, 6) is 0.0264. The largest absolute Gasteiger partial charge is 0.391 e. The number of benzene rings is 1. The van der Waals surface area contributed by atoms with E-state index in [4.69, 9.17) is 0 Å². The molecule has 17 heavy (non-hydrogen) atoms. The number of hydrogen-bond donors (Lipinski definition) is 2. The van der Waals surface area contributed by atoms with Crippen LogP contribution in [0.25, 0.3) is 0 Å². The highest BCUT2D eigenvalue weighted by molar-refractivity contribution is 5.78. The van der Waals surface area contributed by atoms with Crippen molar-refractivity contribution in [3.8, 4) is 0 Å². The number of carbonyl (C=O) groups is 1. The highest BCUT2D eigenvalue weighted by Crippen LogP contribution is 2.03. The smallest absolute Gasteiger partial charge is 0.222 e. The zero-order valence-corrected chi connectivity index (χ0v) is 10.5. The minimum Gasteiger partial charge on any atom is -0.391 e. The lowest BCUT2D eigenvalue weighted by molar-refractivity contribution is -0.125. The average Bonchev–Trinajstić information content (AvgIpc) is 2.36. The van der Waals surface area contributed by atoms with E-state index in [1.165, 1.54) is 0 Å². The minimum absolute atomic E-state index is 0.0129. The molecule has 0 saturated heterocycles. The van der Waals surface area contributed by atoms with Gasteiger partial charge in [-0.15, -0.1) is 0 Å². The molecule has 2 N–H and O–H groups in total. The maximum atomic E-state index is 11.5. The Kier molecular flexibility index (Phi) is 5.70. The molecule has 0 aromatic heterocycles. The fraction of sp³-hybridized carbons (Fsp3) is 0.500. The topological polar surface area (TPSA) is 49.3 Å². The standard InChI is InChI=1S/C14H21NO2/c1-3-11(2)14(17)15-10-13(16)9-12-7-5-4-6-8-12/h4-8,11,13,16H,3,9-10H2,1-2H3,(H,15,17)/t11-,13+/m1/s1. The molecule has 94 valence electrons. The first-order chi connectivity index (χ1) is 8.13. The Morgan fingerprint density at radius 3 is 2.59 bits per heavy atom. The Morgan fingerprint density at radius 1 is 1.35 bits per heavy atom. The van der Waals surface area contributed by atoms with Crippen LogP contribution in [0.1, 0.15) is 25.8 Å². The number of aliphatic hydroxyl groups excluding tert-OH is 1. The number of hydrogen-bond acceptors (Lipinski definition) is 2. The number of aliphatic hydroxyl groups is 1. The molecule has 0 aliphatic heterocycles. The van der Waals surface area contributed by atoms with E-state index in [9.17, 15) is 9.90 Å². The van der Waals surface area contributed by atoms with Gasteiger partial charge in [-0.1, -0.05) is 44.2 Å². The molecule has 0 heterocycles. The molecule has 1 amide bonds. The Morgan fingerprint density at radius 2 is 2.00 bits per heavy atom. The van der Waals surface area contributed by atoms with Crippen molar-refractivity contribution >= 4 is 5.91 Å². The number of rotatable bonds is 6. The van der Waals surface area contributed by atoms with Crippen molar-refractivity contribution in [1.29, 1.82) is 0 Å².